The molecule has 11 nitrogen and oxygen atoms in total. The Morgan fingerprint density at radius 1 is 0.824 bits per heavy atom. The summed E-state index contributed by atoms with van der Waals surface area (Å²) in [6.45, 7) is -1.27. The van der Waals surface area contributed by atoms with Crippen molar-refractivity contribution in [2.45, 2.75) is 31.0 Å². The van der Waals surface area contributed by atoms with Crippen LogP contribution in [0.3, 0.4) is 0 Å². The molecule has 34 heavy (non-hydrogen) atoms. The van der Waals surface area contributed by atoms with Crippen molar-refractivity contribution in [3.8, 4) is 5.75 Å². The Bertz CT molecular complexity index is 983. The first-order valence-corrected chi connectivity index (χ1v) is 10.5. The number of hydrogen-bond donors (Lipinski definition) is 7. The molecule has 0 aromatic heterocycles. The fraction of sp³-hybridized carbons (Fsp3) is 0.304. The highest BCUT2D eigenvalue weighted by Gasteiger charge is 2.26. The van der Waals surface area contributed by atoms with Crippen molar-refractivity contribution in [1.82, 2.24) is 16.0 Å². The van der Waals surface area contributed by atoms with Gasteiger partial charge in [0.15, 0.2) is 0 Å². The zero-order valence-electron chi connectivity index (χ0n) is 18.3. The SMILES string of the molecule is NC(Cc1ccc(O)cc1)C(=O)NCC(=O)NC(Cc1ccccc1)C(=O)NC(CO)C(=O)O. The second kappa shape index (κ2) is 12.9. The van der Waals surface area contributed by atoms with Crippen LogP contribution in [0.5, 0.6) is 5.75 Å². The molecule has 3 unspecified atom stereocenters. The van der Waals surface area contributed by atoms with Gasteiger partial charge in [0.25, 0.3) is 0 Å². The average Bonchev–Trinajstić information content (AvgIpc) is 2.82. The fourth-order valence-corrected chi connectivity index (χ4v) is 3.04. The van der Waals surface area contributed by atoms with Gasteiger partial charge in [0.1, 0.15) is 17.8 Å². The van der Waals surface area contributed by atoms with E-state index in [1.54, 1.807) is 42.5 Å². The third kappa shape index (κ3) is 8.52. The zero-order valence-corrected chi connectivity index (χ0v) is 18.3. The van der Waals surface area contributed by atoms with Gasteiger partial charge in [-0.1, -0.05) is 42.5 Å². The van der Waals surface area contributed by atoms with Crippen LogP contribution < -0.4 is 21.7 Å². The van der Waals surface area contributed by atoms with Crippen molar-refractivity contribution < 1.29 is 34.5 Å². The largest absolute Gasteiger partial charge is 0.508 e. The van der Waals surface area contributed by atoms with E-state index in [1.165, 1.54) is 12.1 Å². The Labute approximate surface area is 196 Å². The quantitative estimate of drug-likeness (QED) is 0.197. The van der Waals surface area contributed by atoms with Crippen molar-refractivity contribution in [2.75, 3.05) is 13.2 Å². The first kappa shape index (κ1) is 26.3. The van der Waals surface area contributed by atoms with E-state index in [-0.39, 0.29) is 18.6 Å². The van der Waals surface area contributed by atoms with E-state index in [4.69, 9.17) is 15.9 Å². The molecular formula is C23H28N4O7. The first-order valence-electron chi connectivity index (χ1n) is 10.5. The van der Waals surface area contributed by atoms with Crippen molar-refractivity contribution in [3.63, 3.8) is 0 Å². The predicted octanol–water partition coefficient (Wildman–Crippen LogP) is -1.33. The first-order chi connectivity index (χ1) is 16.2. The lowest BCUT2D eigenvalue weighted by atomic mass is 10.0. The predicted molar refractivity (Wildman–Crippen MR) is 122 cm³/mol. The second-order valence-corrected chi connectivity index (χ2v) is 7.59. The van der Waals surface area contributed by atoms with Crippen LogP contribution in [0.15, 0.2) is 54.6 Å². The number of nitrogens with two attached hydrogens (primary N) is 1. The number of nitrogens with one attached hydrogen (secondary N) is 3. The molecule has 0 spiro atoms. The van der Waals surface area contributed by atoms with Crippen LogP contribution in [0.2, 0.25) is 0 Å². The molecule has 0 aliphatic heterocycles. The molecule has 8 N–H and O–H groups in total. The lowest BCUT2D eigenvalue weighted by Gasteiger charge is -2.21. The summed E-state index contributed by atoms with van der Waals surface area (Å²) in [6, 6.07) is 11.3. The number of phenolic OH excluding ortho intramolecular Hbond substituents is 1. The number of carboxylic acid groups (broad SMARTS) is 1. The average molecular weight is 472 g/mol. The van der Waals surface area contributed by atoms with E-state index in [0.717, 1.165) is 5.56 Å². The van der Waals surface area contributed by atoms with Gasteiger partial charge in [0.05, 0.1) is 19.2 Å². The molecule has 182 valence electrons. The number of benzene rings is 2. The molecule has 0 heterocycles. The Morgan fingerprint density at radius 3 is 2.03 bits per heavy atom. The van der Waals surface area contributed by atoms with Crippen molar-refractivity contribution in [2.24, 2.45) is 5.73 Å². The van der Waals surface area contributed by atoms with Gasteiger partial charge >= 0.3 is 5.97 Å². The van der Waals surface area contributed by atoms with E-state index in [0.29, 0.717) is 5.56 Å². The molecule has 0 saturated carbocycles. The van der Waals surface area contributed by atoms with Crippen molar-refractivity contribution in [1.29, 1.82) is 0 Å². The number of aliphatic carboxylic acids is 1. The van der Waals surface area contributed by atoms with Gasteiger partial charge in [-0.2, -0.15) is 0 Å². The molecule has 3 amide bonds. The van der Waals surface area contributed by atoms with Gasteiger partial charge in [-0.15, -0.1) is 0 Å². The van der Waals surface area contributed by atoms with Crippen LogP contribution in [0.4, 0.5) is 0 Å². The van der Waals surface area contributed by atoms with E-state index in [2.05, 4.69) is 16.0 Å². The maximum absolute atomic E-state index is 12.6. The highest BCUT2D eigenvalue weighted by atomic mass is 16.4. The van der Waals surface area contributed by atoms with Gasteiger partial charge in [-0.05, 0) is 29.7 Å². The summed E-state index contributed by atoms with van der Waals surface area (Å²) in [4.78, 5) is 48.4. The number of hydrogen-bond acceptors (Lipinski definition) is 7. The van der Waals surface area contributed by atoms with Crippen LogP contribution in [-0.2, 0) is 32.0 Å². The third-order valence-electron chi connectivity index (χ3n) is 4.88. The van der Waals surface area contributed by atoms with Crippen LogP contribution in [0.25, 0.3) is 0 Å². The smallest absolute Gasteiger partial charge is 0.328 e. The Balaban J connectivity index is 1.96. The van der Waals surface area contributed by atoms with E-state index >= 15 is 0 Å². The third-order valence-corrected chi connectivity index (χ3v) is 4.88. The molecular weight excluding hydrogens is 444 g/mol. The molecule has 3 atom stereocenters. The molecule has 0 aliphatic carbocycles. The lowest BCUT2D eigenvalue weighted by molar-refractivity contribution is -0.143. The summed E-state index contributed by atoms with van der Waals surface area (Å²) in [7, 11) is 0. The molecule has 2 aromatic rings. The van der Waals surface area contributed by atoms with E-state index in [1.807, 2.05) is 0 Å². The molecule has 0 radical (unpaired) electrons. The molecule has 0 fully saturated rings. The minimum atomic E-state index is -1.53. The highest BCUT2D eigenvalue weighted by molar-refractivity contribution is 5.92. The Hall–Kier alpha value is -3.96. The normalized spacial score (nSPS) is 13.2. The number of amides is 3. The number of phenols is 1. The number of aliphatic hydroxyl groups is 1. The minimum Gasteiger partial charge on any atom is -0.508 e. The fourth-order valence-electron chi connectivity index (χ4n) is 3.04. The van der Waals surface area contributed by atoms with Crippen LogP contribution in [0.1, 0.15) is 11.1 Å². The summed E-state index contributed by atoms with van der Waals surface area (Å²) in [5.74, 6) is -3.40. The maximum atomic E-state index is 12.6. The van der Waals surface area contributed by atoms with Gasteiger partial charge in [0.2, 0.25) is 17.7 Å². The monoisotopic (exact) mass is 472 g/mol. The lowest BCUT2D eigenvalue weighted by Crippen LogP contribution is -2.55. The summed E-state index contributed by atoms with van der Waals surface area (Å²) in [6.07, 6.45) is 0.245. The van der Waals surface area contributed by atoms with Crippen molar-refractivity contribution in [3.05, 3.63) is 65.7 Å². The van der Waals surface area contributed by atoms with Gasteiger partial charge < -0.3 is 37.0 Å². The number of rotatable bonds is 12. The topological polar surface area (TPSA) is 191 Å². The highest BCUT2D eigenvalue weighted by Crippen LogP contribution is 2.11. The summed E-state index contributed by atoms with van der Waals surface area (Å²) < 4.78 is 0. The molecule has 11 heteroatoms. The summed E-state index contributed by atoms with van der Waals surface area (Å²) in [5, 5.41) is 34.6. The number of carbonyl (C=O) groups is 4. The van der Waals surface area contributed by atoms with Gasteiger partial charge in [-0.3, -0.25) is 14.4 Å². The number of aliphatic hydroxyl groups excluding tert-OH is 1. The second-order valence-electron chi connectivity index (χ2n) is 7.59. The molecule has 2 rings (SSSR count). The minimum absolute atomic E-state index is 0.0600. The van der Waals surface area contributed by atoms with Gasteiger partial charge in [0, 0.05) is 6.42 Å². The van der Waals surface area contributed by atoms with Gasteiger partial charge in [-0.25, -0.2) is 4.79 Å². The van der Waals surface area contributed by atoms with Crippen LogP contribution in [0, 0.1) is 0 Å². The van der Waals surface area contributed by atoms with Crippen LogP contribution >= 0.6 is 0 Å². The van der Waals surface area contributed by atoms with E-state index < -0.39 is 55.0 Å². The molecule has 0 bridgehead atoms. The summed E-state index contributed by atoms with van der Waals surface area (Å²) >= 11 is 0. The van der Waals surface area contributed by atoms with Crippen molar-refractivity contribution >= 4 is 23.7 Å². The standard InChI is InChI=1S/C23H28N4O7/c24-17(10-15-6-8-16(29)9-7-15)21(31)25-12-20(30)26-18(11-14-4-2-1-3-5-14)22(32)27-19(13-28)23(33)34/h1-9,17-19,28-29H,10-13,24H2,(H,25,31)(H,26,30)(H,27,32)(H,33,34). The Morgan fingerprint density at radius 2 is 1.44 bits per heavy atom. The number of aromatic hydroxyl groups is 1. The zero-order chi connectivity index (χ0) is 25.1. The summed E-state index contributed by atoms with van der Waals surface area (Å²) in [5.41, 5.74) is 7.30. The maximum Gasteiger partial charge on any atom is 0.328 e. The number of carbonyl (C=O) groups excluding carboxylic acids is 3. The van der Waals surface area contributed by atoms with E-state index in [9.17, 15) is 24.3 Å². The molecule has 0 saturated heterocycles. The van der Waals surface area contributed by atoms with Crippen LogP contribution in [-0.4, -0.2) is 70.3 Å². The molecule has 0 aliphatic rings. The molecule has 2 aromatic carbocycles. The number of carboxylic acids is 1. The Kier molecular flexibility index (Phi) is 9.99.